The van der Waals surface area contributed by atoms with Crippen LogP contribution in [0.15, 0.2) is 23.0 Å². The zero-order valence-corrected chi connectivity index (χ0v) is 10.3. The van der Waals surface area contributed by atoms with Crippen LogP contribution in [-0.2, 0) is 7.05 Å². The third-order valence-electron chi connectivity index (χ3n) is 2.79. The molecular weight excluding hydrogens is 232 g/mol. The summed E-state index contributed by atoms with van der Waals surface area (Å²) in [5.41, 5.74) is 6.75. The molecule has 1 unspecified atom stereocenters. The summed E-state index contributed by atoms with van der Waals surface area (Å²) >= 11 is 0. The molecule has 1 aromatic carbocycles. The van der Waals surface area contributed by atoms with Gasteiger partial charge in [0.1, 0.15) is 5.82 Å². The molecule has 0 fully saturated rings. The Kier molecular flexibility index (Phi) is 3.20. The highest BCUT2D eigenvalue weighted by Gasteiger charge is 2.10. The molecule has 0 aliphatic heterocycles. The minimum absolute atomic E-state index is 0.0410. The Labute approximate surface area is 104 Å². The molecule has 0 spiro atoms. The first kappa shape index (κ1) is 12.4. The van der Waals surface area contributed by atoms with Crippen LogP contribution >= 0.6 is 0 Å². The van der Waals surface area contributed by atoms with Crippen LogP contribution in [0.3, 0.4) is 0 Å². The summed E-state index contributed by atoms with van der Waals surface area (Å²) in [6.07, 6.45) is 0. The number of aryl methyl sites for hydroxylation is 1. The predicted molar refractivity (Wildman–Crippen MR) is 71.6 cm³/mol. The maximum absolute atomic E-state index is 11.7. The summed E-state index contributed by atoms with van der Waals surface area (Å²) in [6.45, 7) is 1.76. The first-order valence-corrected chi connectivity index (χ1v) is 5.66. The lowest BCUT2D eigenvalue weighted by molar-refractivity contribution is 0.281. The van der Waals surface area contributed by atoms with Crippen LogP contribution in [0.4, 0.5) is 11.5 Å². The van der Waals surface area contributed by atoms with Crippen molar-refractivity contribution >= 4 is 22.4 Å². The van der Waals surface area contributed by atoms with Crippen LogP contribution in [-0.4, -0.2) is 27.3 Å². The van der Waals surface area contributed by atoms with E-state index in [1.54, 1.807) is 32.2 Å². The molecule has 0 saturated carbocycles. The largest absolute Gasteiger partial charge is 0.399 e. The zero-order chi connectivity index (χ0) is 13.3. The number of nitrogen functional groups attached to an aromatic ring is 1. The number of nitrogens with two attached hydrogens (primary N) is 1. The van der Waals surface area contributed by atoms with Gasteiger partial charge in [-0.15, -0.1) is 0 Å². The van der Waals surface area contributed by atoms with E-state index in [2.05, 4.69) is 10.3 Å². The highest BCUT2D eigenvalue weighted by atomic mass is 16.3. The van der Waals surface area contributed by atoms with E-state index in [0.29, 0.717) is 11.5 Å². The third kappa shape index (κ3) is 2.14. The number of hydrogen-bond donors (Lipinski definition) is 3. The molecule has 0 aliphatic carbocycles. The van der Waals surface area contributed by atoms with E-state index < -0.39 is 0 Å². The van der Waals surface area contributed by atoms with E-state index in [9.17, 15) is 4.79 Å². The number of aliphatic hydroxyl groups is 1. The second-order valence-corrected chi connectivity index (χ2v) is 4.31. The Balaban J connectivity index is 2.68. The molecule has 0 radical (unpaired) electrons. The number of benzene rings is 1. The van der Waals surface area contributed by atoms with Crippen LogP contribution < -0.4 is 16.7 Å². The van der Waals surface area contributed by atoms with Crippen LogP contribution in [0.5, 0.6) is 0 Å². The number of anilines is 2. The summed E-state index contributed by atoms with van der Waals surface area (Å²) in [5.74, 6) is 0.446. The van der Waals surface area contributed by atoms with Crippen molar-refractivity contribution in [2.75, 3.05) is 17.7 Å². The highest BCUT2D eigenvalue weighted by molar-refractivity contribution is 5.91. The lowest BCUT2D eigenvalue weighted by Gasteiger charge is -2.15. The Morgan fingerprint density at radius 1 is 1.56 bits per heavy atom. The van der Waals surface area contributed by atoms with Gasteiger partial charge in [0.05, 0.1) is 12.1 Å². The maximum Gasteiger partial charge on any atom is 0.349 e. The number of rotatable bonds is 3. The van der Waals surface area contributed by atoms with Gasteiger partial charge in [-0.1, -0.05) is 0 Å². The van der Waals surface area contributed by atoms with Gasteiger partial charge in [0.15, 0.2) is 0 Å². The first-order chi connectivity index (χ1) is 8.52. The van der Waals surface area contributed by atoms with E-state index >= 15 is 0 Å². The normalized spacial score (nSPS) is 12.6. The van der Waals surface area contributed by atoms with Crippen molar-refractivity contribution in [3.63, 3.8) is 0 Å². The molecule has 18 heavy (non-hydrogen) atoms. The topological polar surface area (TPSA) is 93.2 Å². The molecule has 0 aliphatic rings. The molecule has 96 valence electrons. The number of aliphatic hydroxyl groups excluding tert-OH is 1. The van der Waals surface area contributed by atoms with Crippen molar-refractivity contribution in [2.45, 2.75) is 13.0 Å². The molecule has 0 bridgehead atoms. The number of aromatic nitrogens is 2. The molecular formula is C12H16N4O2. The fraction of sp³-hybridized carbons (Fsp3) is 0.333. The molecule has 0 saturated heterocycles. The van der Waals surface area contributed by atoms with Crippen molar-refractivity contribution in [2.24, 2.45) is 7.05 Å². The van der Waals surface area contributed by atoms with Gasteiger partial charge >= 0.3 is 5.69 Å². The molecule has 2 rings (SSSR count). The minimum atomic E-state index is -0.347. The van der Waals surface area contributed by atoms with Gasteiger partial charge < -0.3 is 16.2 Å². The number of nitrogens with zero attached hydrogens (tertiary/aromatic N) is 2. The van der Waals surface area contributed by atoms with Crippen LogP contribution in [0, 0.1) is 0 Å². The van der Waals surface area contributed by atoms with Gasteiger partial charge in [0.25, 0.3) is 0 Å². The average Bonchev–Trinajstić information content (AvgIpc) is 2.35. The molecule has 4 N–H and O–H groups in total. The van der Waals surface area contributed by atoms with Gasteiger partial charge in [-0.3, -0.25) is 4.57 Å². The lowest BCUT2D eigenvalue weighted by atomic mass is 10.2. The quantitative estimate of drug-likeness (QED) is 0.680. The van der Waals surface area contributed by atoms with Gasteiger partial charge in [-0.05, 0) is 25.1 Å². The predicted octanol–water partition coefficient (Wildman–Crippen LogP) is 0.308. The molecule has 0 amide bonds. The zero-order valence-electron chi connectivity index (χ0n) is 10.3. The standard InChI is InChI=1S/C12H16N4O2/c1-7(6-17)14-11-9-5-8(13)3-4-10(9)16(2)12(18)15-11/h3-5,7,17H,6,13H2,1-2H3,(H,14,15,18). The molecule has 6 heteroatoms. The fourth-order valence-corrected chi connectivity index (χ4v) is 1.76. The van der Waals surface area contributed by atoms with E-state index in [1.165, 1.54) is 4.57 Å². The SMILES string of the molecule is CC(CO)Nc1nc(=O)n(C)c2ccc(N)cc12. The van der Waals surface area contributed by atoms with Gasteiger partial charge in [0.2, 0.25) is 0 Å². The van der Waals surface area contributed by atoms with Crippen molar-refractivity contribution in [3.8, 4) is 0 Å². The third-order valence-corrected chi connectivity index (χ3v) is 2.79. The van der Waals surface area contributed by atoms with Crippen molar-refractivity contribution < 1.29 is 5.11 Å². The Morgan fingerprint density at radius 2 is 2.28 bits per heavy atom. The van der Waals surface area contributed by atoms with E-state index in [-0.39, 0.29) is 18.3 Å². The molecule has 1 atom stereocenters. The summed E-state index contributed by atoms with van der Waals surface area (Å²) in [6, 6.07) is 5.09. The van der Waals surface area contributed by atoms with E-state index in [4.69, 9.17) is 10.8 Å². The summed E-state index contributed by atoms with van der Waals surface area (Å²) in [4.78, 5) is 15.7. The van der Waals surface area contributed by atoms with Gasteiger partial charge in [-0.2, -0.15) is 4.98 Å². The fourth-order valence-electron chi connectivity index (χ4n) is 1.76. The number of nitrogens with one attached hydrogen (secondary N) is 1. The Morgan fingerprint density at radius 3 is 2.94 bits per heavy atom. The van der Waals surface area contributed by atoms with E-state index in [1.807, 2.05) is 0 Å². The summed E-state index contributed by atoms with van der Waals surface area (Å²) < 4.78 is 1.46. The monoisotopic (exact) mass is 248 g/mol. The second kappa shape index (κ2) is 4.66. The smallest absolute Gasteiger partial charge is 0.349 e. The van der Waals surface area contributed by atoms with Crippen molar-refractivity contribution in [1.82, 2.24) is 9.55 Å². The van der Waals surface area contributed by atoms with Crippen LogP contribution in [0.25, 0.3) is 10.9 Å². The molecule has 1 aromatic heterocycles. The van der Waals surface area contributed by atoms with Gasteiger partial charge in [0, 0.05) is 24.2 Å². The van der Waals surface area contributed by atoms with E-state index in [0.717, 1.165) is 10.9 Å². The van der Waals surface area contributed by atoms with Gasteiger partial charge in [-0.25, -0.2) is 4.79 Å². The molecule has 1 heterocycles. The summed E-state index contributed by atoms with van der Waals surface area (Å²) in [5, 5.41) is 12.8. The van der Waals surface area contributed by atoms with Crippen molar-refractivity contribution in [1.29, 1.82) is 0 Å². The maximum atomic E-state index is 11.7. The lowest BCUT2D eigenvalue weighted by Crippen LogP contribution is -2.26. The van der Waals surface area contributed by atoms with Crippen molar-refractivity contribution in [3.05, 3.63) is 28.7 Å². The number of hydrogen-bond acceptors (Lipinski definition) is 5. The Bertz CT molecular complexity index is 636. The summed E-state index contributed by atoms with van der Waals surface area (Å²) in [7, 11) is 1.66. The first-order valence-electron chi connectivity index (χ1n) is 5.66. The van der Waals surface area contributed by atoms with Crippen LogP contribution in [0.1, 0.15) is 6.92 Å². The highest BCUT2D eigenvalue weighted by Crippen LogP contribution is 2.22. The average molecular weight is 248 g/mol. The second-order valence-electron chi connectivity index (χ2n) is 4.31. The minimum Gasteiger partial charge on any atom is -0.399 e. The molecule has 6 nitrogen and oxygen atoms in total. The molecule has 2 aromatic rings. The Hall–Kier alpha value is -2.08. The number of fused-ring (bicyclic) bond motifs is 1. The van der Waals surface area contributed by atoms with Crippen LogP contribution in [0.2, 0.25) is 0 Å².